The molecule has 2 rings (SSSR count). The molecule has 21 heavy (non-hydrogen) atoms. The lowest BCUT2D eigenvalue weighted by molar-refractivity contribution is 0.319. The predicted molar refractivity (Wildman–Crippen MR) is 81.8 cm³/mol. The SMILES string of the molecule is CC(C)NCc1cc(F)cc(OCCc2ccncc2)c1. The Hall–Kier alpha value is -1.94. The molecule has 0 spiro atoms. The Morgan fingerprint density at radius 3 is 2.62 bits per heavy atom. The van der Waals surface area contributed by atoms with Crippen LogP contribution in [0.5, 0.6) is 5.75 Å². The molecule has 0 aliphatic carbocycles. The third-order valence-corrected chi connectivity index (χ3v) is 3.05. The lowest BCUT2D eigenvalue weighted by atomic mass is 10.2. The topological polar surface area (TPSA) is 34.1 Å². The number of aromatic nitrogens is 1. The summed E-state index contributed by atoms with van der Waals surface area (Å²) in [5.74, 6) is 0.307. The van der Waals surface area contributed by atoms with Crippen LogP contribution in [0.25, 0.3) is 0 Å². The molecule has 0 radical (unpaired) electrons. The molecule has 0 atom stereocenters. The lowest BCUT2D eigenvalue weighted by Gasteiger charge is -2.11. The zero-order valence-electron chi connectivity index (χ0n) is 12.5. The monoisotopic (exact) mass is 288 g/mol. The molecule has 3 nitrogen and oxygen atoms in total. The normalized spacial score (nSPS) is 10.9. The van der Waals surface area contributed by atoms with Gasteiger partial charge in [0.2, 0.25) is 0 Å². The molecule has 0 aliphatic heterocycles. The van der Waals surface area contributed by atoms with Gasteiger partial charge in [0.05, 0.1) is 6.61 Å². The number of hydrogen-bond acceptors (Lipinski definition) is 3. The van der Waals surface area contributed by atoms with Gasteiger partial charge in [-0.05, 0) is 35.4 Å². The molecule has 4 heteroatoms. The summed E-state index contributed by atoms with van der Waals surface area (Å²) in [5.41, 5.74) is 2.05. The van der Waals surface area contributed by atoms with E-state index in [-0.39, 0.29) is 5.82 Å². The predicted octanol–water partition coefficient (Wildman–Crippen LogP) is 3.34. The van der Waals surface area contributed by atoms with Crippen LogP contribution in [0.3, 0.4) is 0 Å². The van der Waals surface area contributed by atoms with E-state index in [9.17, 15) is 4.39 Å². The van der Waals surface area contributed by atoms with Gasteiger partial charge < -0.3 is 10.1 Å². The van der Waals surface area contributed by atoms with Gasteiger partial charge in [-0.25, -0.2) is 4.39 Å². The zero-order valence-corrected chi connectivity index (χ0v) is 12.5. The van der Waals surface area contributed by atoms with Crippen molar-refractivity contribution in [2.24, 2.45) is 0 Å². The van der Waals surface area contributed by atoms with Gasteiger partial charge in [-0.15, -0.1) is 0 Å². The third-order valence-electron chi connectivity index (χ3n) is 3.05. The maximum atomic E-state index is 13.6. The third kappa shape index (κ3) is 5.52. The molecule has 1 aromatic heterocycles. The molecule has 0 unspecified atom stereocenters. The average Bonchev–Trinajstić information content (AvgIpc) is 2.46. The Labute approximate surface area is 125 Å². The first-order valence-electron chi connectivity index (χ1n) is 7.18. The van der Waals surface area contributed by atoms with E-state index in [0.717, 1.165) is 17.5 Å². The maximum Gasteiger partial charge on any atom is 0.127 e. The first-order chi connectivity index (χ1) is 10.1. The summed E-state index contributed by atoms with van der Waals surface area (Å²) >= 11 is 0. The molecule has 0 saturated heterocycles. The van der Waals surface area contributed by atoms with Crippen LogP contribution < -0.4 is 10.1 Å². The molecule has 0 amide bonds. The van der Waals surface area contributed by atoms with Crippen LogP contribution in [0, 0.1) is 5.82 Å². The van der Waals surface area contributed by atoms with Gasteiger partial charge in [-0.3, -0.25) is 4.98 Å². The highest BCUT2D eigenvalue weighted by Crippen LogP contribution is 2.17. The molecule has 1 aromatic carbocycles. The molecule has 1 N–H and O–H groups in total. The van der Waals surface area contributed by atoms with Gasteiger partial charge in [0.1, 0.15) is 11.6 Å². The van der Waals surface area contributed by atoms with E-state index >= 15 is 0 Å². The van der Waals surface area contributed by atoms with Gasteiger partial charge in [0, 0.05) is 37.5 Å². The van der Waals surface area contributed by atoms with E-state index < -0.39 is 0 Å². The second-order valence-electron chi connectivity index (χ2n) is 5.28. The standard InChI is InChI=1S/C17H21FN2O/c1-13(2)20-12-15-9-16(18)11-17(10-15)21-8-5-14-3-6-19-7-4-14/h3-4,6-7,9-11,13,20H,5,8,12H2,1-2H3. The maximum absolute atomic E-state index is 13.6. The summed E-state index contributed by atoms with van der Waals surface area (Å²) in [5, 5.41) is 3.27. The molecule has 0 fully saturated rings. The molecule has 112 valence electrons. The van der Waals surface area contributed by atoms with Crippen molar-refractivity contribution in [2.45, 2.75) is 32.9 Å². The van der Waals surface area contributed by atoms with Crippen LogP contribution in [0.2, 0.25) is 0 Å². The summed E-state index contributed by atoms with van der Waals surface area (Å²) in [6, 6.07) is 9.10. The van der Waals surface area contributed by atoms with E-state index in [0.29, 0.717) is 24.9 Å². The minimum Gasteiger partial charge on any atom is -0.493 e. The van der Waals surface area contributed by atoms with Crippen LogP contribution in [0.4, 0.5) is 4.39 Å². The van der Waals surface area contributed by atoms with Crippen molar-refractivity contribution in [3.8, 4) is 5.75 Å². The Morgan fingerprint density at radius 2 is 1.90 bits per heavy atom. The fourth-order valence-electron chi connectivity index (χ4n) is 1.96. The number of pyridine rings is 1. The molecule has 2 aromatic rings. The summed E-state index contributed by atoms with van der Waals surface area (Å²) in [6.45, 7) is 5.28. The van der Waals surface area contributed by atoms with Crippen molar-refractivity contribution in [1.82, 2.24) is 10.3 Å². The van der Waals surface area contributed by atoms with Gasteiger partial charge in [0.15, 0.2) is 0 Å². The van der Waals surface area contributed by atoms with Crippen LogP contribution in [0.1, 0.15) is 25.0 Å². The zero-order chi connectivity index (χ0) is 15.1. The molecule has 0 aliphatic rings. The number of nitrogens with one attached hydrogen (secondary N) is 1. The fourth-order valence-corrected chi connectivity index (χ4v) is 1.96. The van der Waals surface area contributed by atoms with Crippen LogP contribution in [-0.4, -0.2) is 17.6 Å². The van der Waals surface area contributed by atoms with Gasteiger partial charge in [-0.2, -0.15) is 0 Å². The fraction of sp³-hybridized carbons (Fsp3) is 0.353. The molecule has 0 bridgehead atoms. The second-order valence-corrected chi connectivity index (χ2v) is 5.28. The number of benzene rings is 1. The first kappa shape index (κ1) is 15.4. The van der Waals surface area contributed by atoms with Crippen molar-refractivity contribution >= 4 is 0 Å². The largest absolute Gasteiger partial charge is 0.493 e. The van der Waals surface area contributed by atoms with Crippen LogP contribution in [-0.2, 0) is 13.0 Å². The van der Waals surface area contributed by atoms with E-state index in [1.165, 1.54) is 12.1 Å². The quantitative estimate of drug-likeness (QED) is 0.848. The minimum absolute atomic E-state index is 0.267. The van der Waals surface area contributed by atoms with Crippen molar-refractivity contribution in [2.75, 3.05) is 6.61 Å². The summed E-state index contributed by atoms with van der Waals surface area (Å²) in [4.78, 5) is 3.97. The average molecular weight is 288 g/mol. The van der Waals surface area contributed by atoms with E-state index in [1.54, 1.807) is 12.4 Å². The number of hydrogen-bond donors (Lipinski definition) is 1. The van der Waals surface area contributed by atoms with Gasteiger partial charge >= 0.3 is 0 Å². The molecule has 0 saturated carbocycles. The molecule has 1 heterocycles. The van der Waals surface area contributed by atoms with Gasteiger partial charge in [0.25, 0.3) is 0 Å². The number of halogens is 1. The Bertz CT molecular complexity index is 558. The van der Waals surface area contributed by atoms with Gasteiger partial charge in [-0.1, -0.05) is 13.8 Å². The number of rotatable bonds is 7. The van der Waals surface area contributed by atoms with E-state index in [1.807, 2.05) is 18.2 Å². The highest BCUT2D eigenvalue weighted by atomic mass is 19.1. The molecular weight excluding hydrogens is 267 g/mol. The smallest absolute Gasteiger partial charge is 0.127 e. The summed E-state index contributed by atoms with van der Waals surface area (Å²) < 4.78 is 19.2. The minimum atomic E-state index is -0.267. The second kappa shape index (κ2) is 7.74. The number of ether oxygens (including phenoxy) is 1. The highest BCUT2D eigenvalue weighted by Gasteiger charge is 2.03. The van der Waals surface area contributed by atoms with Crippen LogP contribution in [0.15, 0.2) is 42.7 Å². The Balaban J connectivity index is 1.90. The van der Waals surface area contributed by atoms with Crippen molar-refractivity contribution in [3.05, 3.63) is 59.7 Å². The van der Waals surface area contributed by atoms with E-state index in [4.69, 9.17) is 4.74 Å². The first-order valence-corrected chi connectivity index (χ1v) is 7.18. The Kier molecular flexibility index (Phi) is 5.69. The van der Waals surface area contributed by atoms with Crippen molar-refractivity contribution in [3.63, 3.8) is 0 Å². The number of nitrogens with zero attached hydrogens (tertiary/aromatic N) is 1. The summed E-state index contributed by atoms with van der Waals surface area (Å²) in [7, 11) is 0. The Morgan fingerprint density at radius 1 is 1.14 bits per heavy atom. The molecular formula is C17H21FN2O. The van der Waals surface area contributed by atoms with Crippen molar-refractivity contribution in [1.29, 1.82) is 0 Å². The summed E-state index contributed by atoms with van der Waals surface area (Å²) in [6.07, 6.45) is 4.29. The van der Waals surface area contributed by atoms with E-state index in [2.05, 4.69) is 24.1 Å². The van der Waals surface area contributed by atoms with Crippen LogP contribution >= 0.6 is 0 Å². The lowest BCUT2D eigenvalue weighted by Crippen LogP contribution is -2.21. The highest BCUT2D eigenvalue weighted by molar-refractivity contribution is 5.29. The van der Waals surface area contributed by atoms with Crippen molar-refractivity contribution < 1.29 is 9.13 Å².